The number of hydrogen-bond acceptors (Lipinski definition) is 6. The number of carbonyl (C=O) groups is 1. The summed E-state index contributed by atoms with van der Waals surface area (Å²) in [6, 6.07) is 3.64. The van der Waals surface area contributed by atoms with Gasteiger partial charge in [-0.05, 0) is 19.1 Å². The minimum absolute atomic E-state index is 0.263. The van der Waals surface area contributed by atoms with Crippen molar-refractivity contribution >= 4 is 5.91 Å². The first kappa shape index (κ1) is 13.8. The summed E-state index contributed by atoms with van der Waals surface area (Å²) in [5, 5.41) is 10.8. The van der Waals surface area contributed by atoms with E-state index in [1.807, 2.05) is 19.1 Å². The van der Waals surface area contributed by atoms with E-state index in [4.69, 9.17) is 0 Å². The second-order valence-electron chi connectivity index (χ2n) is 4.59. The van der Waals surface area contributed by atoms with E-state index in [1.165, 1.54) is 6.20 Å². The first-order valence-corrected chi connectivity index (χ1v) is 6.61. The van der Waals surface area contributed by atoms with Crippen LogP contribution in [-0.2, 0) is 6.54 Å². The molecule has 1 N–H and O–H groups in total. The van der Waals surface area contributed by atoms with Gasteiger partial charge >= 0.3 is 0 Å². The summed E-state index contributed by atoms with van der Waals surface area (Å²) < 4.78 is 1.62. The molecule has 8 nitrogen and oxygen atoms in total. The second kappa shape index (κ2) is 6.08. The third kappa shape index (κ3) is 3.11. The average molecular weight is 295 g/mol. The van der Waals surface area contributed by atoms with Crippen molar-refractivity contribution in [1.29, 1.82) is 0 Å². The maximum absolute atomic E-state index is 11.9. The molecule has 1 amide bonds. The van der Waals surface area contributed by atoms with Crippen molar-refractivity contribution in [3.05, 3.63) is 60.2 Å². The van der Waals surface area contributed by atoms with Crippen LogP contribution >= 0.6 is 0 Å². The highest BCUT2D eigenvalue weighted by molar-refractivity contribution is 5.91. The standard InChI is InChI=1S/C14H13N7O/c1-10-6-17-13(8-16-10)14(22)18-7-11-9-21(20-19-11)12-2-4-15-5-3-12/h2-6,8-9H,7H2,1H3,(H,18,22). The molecule has 0 aliphatic heterocycles. The number of amides is 1. The van der Waals surface area contributed by atoms with Crippen LogP contribution in [0.3, 0.4) is 0 Å². The molecule has 3 aromatic rings. The predicted molar refractivity (Wildman–Crippen MR) is 77.1 cm³/mol. The first-order chi connectivity index (χ1) is 10.7. The molecule has 0 aliphatic carbocycles. The lowest BCUT2D eigenvalue weighted by atomic mass is 10.3. The number of aromatic nitrogens is 6. The molecule has 8 heteroatoms. The minimum atomic E-state index is -0.300. The normalized spacial score (nSPS) is 10.4. The Balaban J connectivity index is 1.64. The van der Waals surface area contributed by atoms with Gasteiger partial charge in [0.2, 0.25) is 0 Å². The summed E-state index contributed by atoms with van der Waals surface area (Å²) in [6.45, 7) is 2.07. The Kier molecular flexibility index (Phi) is 3.82. The number of hydrogen-bond donors (Lipinski definition) is 1. The maximum Gasteiger partial charge on any atom is 0.271 e. The van der Waals surface area contributed by atoms with Crippen molar-refractivity contribution in [2.24, 2.45) is 0 Å². The van der Waals surface area contributed by atoms with E-state index in [2.05, 4.69) is 30.6 Å². The first-order valence-electron chi connectivity index (χ1n) is 6.61. The van der Waals surface area contributed by atoms with Crippen LogP contribution < -0.4 is 5.32 Å². The Morgan fingerprint density at radius 3 is 2.77 bits per heavy atom. The van der Waals surface area contributed by atoms with E-state index in [0.29, 0.717) is 5.69 Å². The van der Waals surface area contributed by atoms with Crippen LogP contribution in [0.4, 0.5) is 0 Å². The second-order valence-corrected chi connectivity index (χ2v) is 4.59. The molecule has 22 heavy (non-hydrogen) atoms. The van der Waals surface area contributed by atoms with Crippen LogP contribution in [0.2, 0.25) is 0 Å². The monoisotopic (exact) mass is 295 g/mol. The topological polar surface area (TPSA) is 98.5 Å². The van der Waals surface area contributed by atoms with Gasteiger partial charge in [0, 0.05) is 18.6 Å². The van der Waals surface area contributed by atoms with Crippen molar-refractivity contribution in [2.45, 2.75) is 13.5 Å². The van der Waals surface area contributed by atoms with Crippen molar-refractivity contribution in [3.8, 4) is 5.69 Å². The molecule has 0 spiro atoms. The van der Waals surface area contributed by atoms with Crippen LogP contribution in [0, 0.1) is 6.92 Å². The molecule has 3 aromatic heterocycles. The van der Waals surface area contributed by atoms with Crippen LogP contribution in [0.25, 0.3) is 5.69 Å². The highest BCUT2D eigenvalue weighted by atomic mass is 16.1. The minimum Gasteiger partial charge on any atom is -0.345 e. The van der Waals surface area contributed by atoms with Gasteiger partial charge < -0.3 is 5.32 Å². The number of nitrogens with one attached hydrogen (secondary N) is 1. The van der Waals surface area contributed by atoms with Gasteiger partial charge in [0.1, 0.15) is 11.4 Å². The fourth-order valence-electron chi connectivity index (χ4n) is 1.77. The van der Waals surface area contributed by atoms with E-state index in [-0.39, 0.29) is 18.1 Å². The molecular formula is C14H13N7O. The predicted octanol–water partition coefficient (Wildman–Crippen LogP) is 0.691. The summed E-state index contributed by atoms with van der Waals surface area (Å²) in [5.74, 6) is -0.300. The fourth-order valence-corrected chi connectivity index (χ4v) is 1.77. The molecule has 0 bridgehead atoms. The van der Waals surface area contributed by atoms with E-state index >= 15 is 0 Å². The van der Waals surface area contributed by atoms with Gasteiger partial charge in [-0.1, -0.05) is 5.21 Å². The number of nitrogens with zero attached hydrogens (tertiary/aromatic N) is 6. The van der Waals surface area contributed by atoms with E-state index in [0.717, 1.165) is 11.4 Å². The average Bonchev–Trinajstić information content (AvgIpc) is 3.03. The quantitative estimate of drug-likeness (QED) is 0.760. The molecule has 0 saturated heterocycles. The highest BCUT2D eigenvalue weighted by Gasteiger charge is 2.09. The van der Waals surface area contributed by atoms with E-state index in [1.54, 1.807) is 29.5 Å². The summed E-state index contributed by atoms with van der Waals surface area (Å²) in [6.07, 6.45) is 8.09. The lowest BCUT2D eigenvalue weighted by molar-refractivity contribution is 0.0945. The Labute approximate surface area is 126 Å². The Morgan fingerprint density at radius 2 is 2.05 bits per heavy atom. The van der Waals surface area contributed by atoms with Crippen LogP contribution in [0.15, 0.2) is 43.1 Å². The molecule has 3 heterocycles. The molecule has 0 radical (unpaired) electrons. The van der Waals surface area contributed by atoms with Gasteiger partial charge in [-0.25, -0.2) is 9.67 Å². The Hall–Kier alpha value is -3.16. The molecule has 0 saturated carbocycles. The summed E-state index contributed by atoms with van der Waals surface area (Å²) >= 11 is 0. The molecule has 0 unspecified atom stereocenters. The van der Waals surface area contributed by atoms with Crippen molar-refractivity contribution in [1.82, 2.24) is 35.3 Å². The number of rotatable bonds is 4. The van der Waals surface area contributed by atoms with Crippen LogP contribution in [0.1, 0.15) is 21.9 Å². The van der Waals surface area contributed by atoms with Gasteiger partial charge in [0.15, 0.2) is 0 Å². The maximum atomic E-state index is 11.9. The lowest BCUT2D eigenvalue weighted by Crippen LogP contribution is -2.24. The van der Waals surface area contributed by atoms with Gasteiger partial charge in [-0.2, -0.15) is 0 Å². The largest absolute Gasteiger partial charge is 0.345 e. The summed E-state index contributed by atoms with van der Waals surface area (Å²) in [4.78, 5) is 23.9. The molecule has 110 valence electrons. The molecule has 0 fully saturated rings. The summed E-state index contributed by atoms with van der Waals surface area (Å²) in [7, 11) is 0. The van der Waals surface area contributed by atoms with Crippen LogP contribution in [-0.4, -0.2) is 35.9 Å². The zero-order valence-electron chi connectivity index (χ0n) is 11.8. The van der Waals surface area contributed by atoms with Gasteiger partial charge in [0.25, 0.3) is 5.91 Å². The zero-order valence-corrected chi connectivity index (χ0v) is 11.8. The Morgan fingerprint density at radius 1 is 1.23 bits per heavy atom. The van der Waals surface area contributed by atoms with E-state index < -0.39 is 0 Å². The number of pyridine rings is 1. The molecular weight excluding hydrogens is 282 g/mol. The third-order valence-electron chi connectivity index (χ3n) is 2.91. The number of aryl methyl sites for hydroxylation is 1. The third-order valence-corrected chi connectivity index (χ3v) is 2.91. The summed E-state index contributed by atoms with van der Waals surface area (Å²) in [5.41, 5.74) is 2.53. The zero-order chi connectivity index (χ0) is 15.4. The lowest BCUT2D eigenvalue weighted by Gasteiger charge is -2.02. The van der Waals surface area contributed by atoms with Gasteiger partial charge in [-0.3, -0.25) is 14.8 Å². The van der Waals surface area contributed by atoms with Crippen molar-refractivity contribution in [3.63, 3.8) is 0 Å². The SMILES string of the molecule is Cc1cnc(C(=O)NCc2cn(-c3ccncc3)nn2)cn1. The smallest absolute Gasteiger partial charge is 0.271 e. The molecule has 0 atom stereocenters. The van der Waals surface area contributed by atoms with Gasteiger partial charge in [0.05, 0.1) is 30.3 Å². The van der Waals surface area contributed by atoms with Crippen molar-refractivity contribution in [2.75, 3.05) is 0 Å². The Bertz CT molecular complexity index is 767. The highest BCUT2D eigenvalue weighted by Crippen LogP contribution is 2.04. The van der Waals surface area contributed by atoms with Crippen molar-refractivity contribution < 1.29 is 4.79 Å². The molecule has 0 aliphatic rings. The number of carbonyl (C=O) groups excluding carboxylic acids is 1. The van der Waals surface area contributed by atoms with E-state index in [9.17, 15) is 4.79 Å². The van der Waals surface area contributed by atoms with Crippen LogP contribution in [0.5, 0.6) is 0 Å². The fraction of sp³-hybridized carbons (Fsp3) is 0.143. The van der Waals surface area contributed by atoms with Gasteiger partial charge in [-0.15, -0.1) is 5.10 Å². The molecule has 0 aromatic carbocycles. The molecule has 3 rings (SSSR count).